The van der Waals surface area contributed by atoms with E-state index in [0.29, 0.717) is 36.7 Å². The minimum atomic E-state index is -0.322. The van der Waals surface area contributed by atoms with E-state index >= 15 is 0 Å². The Morgan fingerprint density at radius 1 is 1.26 bits per heavy atom. The molecule has 0 aliphatic carbocycles. The van der Waals surface area contributed by atoms with Crippen molar-refractivity contribution in [2.45, 2.75) is 13.0 Å². The summed E-state index contributed by atoms with van der Waals surface area (Å²) in [7, 11) is 0. The van der Waals surface area contributed by atoms with Crippen LogP contribution >= 0.6 is 0 Å². The molecule has 0 unspecified atom stereocenters. The Morgan fingerprint density at radius 2 is 2.13 bits per heavy atom. The molecule has 3 rings (SSSR count). The normalized spacial score (nSPS) is 12.0. The Bertz CT molecular complexity index is 759. The highest BCUT2D eigenvalue weighted by atomic mass is 16.7. The molecule has 23 heavy (non-hydrogen) atoms. The number of aryl methyl sites for hydroxylation is 1. The fraction of sp³-hybridized carbons (Fsp3) is 0.267. The van der Waals surface area contributed by atoms with Crippen molar-refractivity contribution in [3.8, 4) is 11.5 Å². The van der Waals surface area contributed by atoms with Crippen LogP contribution in [0.15, 0.2) is 41.3 Å². The van der Waals surface area contributed by atoms with Crippen molar-refractivity contribution in [1.82, 2.24) is 15.1 Å². The van der Waals surface area contributed by atoms with E-state index in [1.807, 2.05) is 0 Å². The summed E-state index contributed by atoms with van der Waals surface area (Å²) < 4.78 is 11.8. The summed E-state index contributed by atoms with van der Waals surface area (Å²) in [5.74, 6) is 1.27. The molecular weight excluding hydrogens is 300 g/mol. The third kappa shape index (κ3) is 3.79. The van der Waals surface area contributed by atoms with Crippen molar-refractivity contribution < 1.29 is 14.3 Å². The Kier molecular flexibility index (Phi) is 4.41. The second-order valence-corrected chi connectivity index (χ2v) is 4.89. The van der Waals surface area contributed by atoms with E-state index in [1.54, 1.807) is 30.5 Å². The van der Waals surface area contributed by atoms with Crippen LogP contribution in [0.1, 0.15) is 6.42 Å². The summed E-state index contributed by atoms with van der Waals surface area (Å²) in [6.07, 6.45) is 2.16. The van der Waals surface area contributed by atoms with E-state index in [2.05, 4.69) is 15.7 Å². The van der Waals surface area contributed by atoms with Gasteiger partial charge >= 0.3 is 6.03 Å². The van der Waals surface area contributed by atoms with E-state index in [-0.39, 0.29) is 18.4 Å². The lowest BCUT2D eigenvalue weighted by atomic mass is 10.3. The summed E-state index contributed by atoms with van der Waals surface area (Å²) in [6.45, 7) is 1.07. The highest BCUT2D eigenvalue weighted by molar-refractivity contribution is 5.89. The number of hydrogen-bond acceptors (Lipinski definition) is 5. The number of aromatic nitrogens is 2. The maximum Gasteiger partial charge on any atom is 0.319 e. The molecule has 0 atom stereocenters. The quantitative estimate of drug-likeness (QED) is 0.808. The lowest BCUT2D eigenvalue weighted by molar-refractivity contribution is 0.174. The predicted molar refractivity (Wildman–Crippen MR) is 82.7 cm³/mol. The van der Waals surface area contributed by atoms with E-state index in [0.717, 1.165) is 0 Å². The predicted octanol–water partition coefficient (Wildman–Crippen LogP) is 1.18. The average Bonchev–Trinajstić information content (AvgIpc) is 3.01. The van der Waals surface area contributed by atoms with Crippen LogP contribution in [-0.4, -0.2) is 29.1 Å². The molecule has 2 aromatic rings. The molecule has 2 N–H and O–H groups in total. The van der Waals surface area contributed by atoms with Crippen LogP contribution in [0, 0.1) is 0 Å². The zero-order chi connectivity index (χ0) is 16.1. The Balaban J connectivity index is 1.43. The topological polar surface area (TPSA) is 94.5 Å². The standard InChI is InChI=1S/C15H16N4O4/c20-14-3-1-7-17-19(14)8-2-6-16-15(21)18-11-4-5-12-13(9-11)23-10-22-12/h1,3-5,7,9H,2,6,8,10H2,(H2,16,18,21). The van der Waals surface area contributed by atoms with Gasteiger partial charge in [0.2, 0.25) is 6.79 Å². The average molecular weight is 316 g/mol. The lowest BCUT2D eigenvalue weighted by Gasteiger charge is -2.08. The van der Waals surface area contributed by atoms with E-state index in [9.17, 15) is 9.59 Å². The van der Waals surface area contributed by atoms with Gasteiger partial charge in [-0.25, -0.2) is 9.48 Å². The number of benzene rings is 1. The summed E-state index contributed by atoms with van der Waals surface area (Å²) in [4.78, 5) is 23.3. The van der Waals surface area contributed by atoms with Gasteiger partial charge in [0, 0.05) is 37.1 Å². The molecule has 0 bridgehead atoms. The van der Waals surface area contributed by atoms with Gasteiger partial charge in [-0.2, -0.15) is 5.10 Å². The second kappa shape index (κ2) is 6.82. The van der Waals surface area contributed by atoms with Crippen molar-refractivity contribution in [1.29, 1.82) is 0 Å². The van der Waals surface area contributed by atoms with Crippen LogP contribution in [0.3, 0.4) is 0 Å². The minimum Gasteiger partial charge on any atom is -0.454 e. The number of hydrogen-bond donors (Lipinski definition) is 2. The fourth-order valence-corrected chi connectivity index (χ4v) is 2.14. The van der Waals surface area contributed by atoms with Gasteiger partial charge in [-0.05, 0) is 24.6 Å². The van der Waals surface area contributed by atoms with E-state index in [1.165, 1.54) is 10.7 Å². The van der Waals surface area contributed by atoms with Gasteiger partial charge in [0.15, 0.2) is 11.5 Å². The number of amides is 2. The first-order valence-corrected chi connectivity index (χ1v) is 7.19. The first kappa shape index (κ1) is 14.9. The Hall–Kier alpha value is -3.03. The molecule has 1 aliphatic rings. The van der Waals surface area contributed by atoms with Crippen LogP contribution in [0.2, 0.25) is 0 Å². The first-order chi connectivity index (χ1) is 11.2. The van der Waals surface area contributed by atoms with Gasteiger partial charge in [0.05, 0.1) is 0 Å². The third-order valence-electron chi connectivity index (χ3n) is 3.25. The number of nitrogens with one attached hydrogen (secondary N) is 2. The van der Waals surface area contributed by atoms with E-state index in [4.69, 9.17) is 9.47 Å². The number of urea groups is 1. The second-order valence-electron chi connectivity index (χ2n) is 4.89. The molecule has 1 aliphatic heterocycles. The minimum absolute atomic E-state index is 0.155. The van der Waals surface area contributed by atoms with Gasteiger partial charge < -0.3 is 20.1 Å². The molecule has 0 saturated carbocycles. The van der Waals surface area contributed by atoms with Gasteiger partial charge in [-0.15, -0.1) is 0 Å². The summed E-state index contributed by atoms with van der Waals surface area (Å²) >= 11 is 0. The van der Waals surface area contributed by atoms with Gasteiger partial charge in [0.25, 0.3) is 5.56 Å². The number of anilines is 1. The van der Waals surface area contributed by atoms with Crippen LogP contribution in [-0.2, 0) is 6.54 Å². The fourth-order valence-electron chi connectivity index (χ4n) is 2.14. The van der Waals surface area contributed by atoms with Crippen molar-refractivity contribution in [2.24, 2.45) is 0 Å². The molecule has 0 spiro atoms. The number of ether oxygens (including phenoxy) is 2. The van der Waals surface area contributed by atoms with Crippen molar-refractivity contribution in [3.63, 3.8) is 0 Å². The smallest absolute Gasteiger partial charge is 0.319 e. The third-order valence-corrected chi connectivity index (χ3v) is 3.25. The molecule has 120 valence electrons. The maximum absolute atomic E-state index is 11.8. The molecule has 1 aromatic carbocycles. The number of carbonyl (C=O) groups excluding carboxylic acids is 1. The molecule has 0 saturated heterocycles. The Labute approximate surface area is 132 Å². The molecule has 2 amide bonds. The van der Waals surface area contributed by atoms with Crippen LogP contribution in [0.4, 0.5) is 10.5 Å². The lowest BCUT2D eigenvalue weighted by Crippen LogP contribution is -2.31. The van der Waals surface area contributed by atoms with Crippen molar-refractivity contribution in [2.75, 3.05) is 18.7 Å². The maximum atomic E-state index is 11.8. The first-order valence-electron chi connectivity index (χ1n) is 7.19. The number of rotatable bonds is 5. The molecule has 8 heteroatoms. The molecule has 0 radical (unpaired) electrons. The van der Waals surface area contributed by atoms with Gasteiger partial charge in [-0.1, -0.05) is 0 Å². The highest BCUT2D eigenvalue weighted by Gasteiger charge is 2.13. The van der Waals surface area contributed by atoms with Crippen LogP contribution in [0.5, 0.6) is 11.5 Å². The summed E-state index contributed by atoms with van der Waals surface area (Å²) in [6, 6.07) is 7.90. The zero-order valence-corrected chi connectivity index (χ0v) is 12.3. The number of fused-ring (bicyclic) bond motifs is 1. The largest absolute Gasteiger partial charge is 0.454 e. The highest BCUT2D eigenvalue weighted by Crippen LogP contribution is 2.34. The van der Waals surface area contributed by atoms with E-state index < -0.39 is 0 Å². The molecule has 0 fully saturated rings. The van der Waals surface area contributed by atoms with Crippen molar-refractivity contribution in [3.05, 3.63) is 46.9 Å². The monoisotopic (exact) mass is 316 g/mol. The number of carbonyl (C=O) groups is 1. The van der Waals surface area contributed by atoms with Gasteiger partial charge in [0.1, 0.15) is 0 Å². The zero-order valence-electron chi connectivity index (χ0n) is 12.3. The molecule has 2 heterocycles. The Morgan fingerprint density at radius 3 is 3.00 bits per heavy atom. The molecular formula is C15H16N4O4. The molecule has 8 nitrogen and oxygen atoms in total. The van der Waals surface area contributed by atoms with Crippen LogP contribution < -0.4 is 25.7 Å². The van der Waals surface area contributed by atoms with Crippen molar-refractivity contribution >= 4 is 11.7 Å². The number of nitrogens with zero attached hydrogens (tertiary/aromatic N) is 2. The van der Waals surface area contributed by atoms with Crippen LogP contribution in [0.25, 0.3) is 0 Å². The van der Waals surface area contributed by atoms with Gasteiger partial charge in [-0.3, -0.25) is 4.79 Å². The molecule has 1 aromatic heterocycles. The summed E-state index contributed by atoms with van der Waals surface area (Å²) in [5, 5.41) is 9.38. The summed E-state index contributed by atoms with van der Waals surface area (Å²) in [5.41, 5.74) is 0.463. The SMILES string of the molecule is O=C(NCCCn1ncccc1=O)Nc1ccc2c(c1)OCO2.